The van der Waals surface area contributed by atoms with E-state index in [1.165, 1.54) is 0 Å². The van der Waals surface area contributed by atoms with Gasteiger partial charge in [-0.1, -0.05) is 26.0 Å². The number of hydrogen-bond acceptors (Lipinski definition) is 6. The Morgan fingerprint density at radius 2 is 2.03 bits per heavy atom. The van der Waals surface area contributed by atoms with Gasteiger partial charge in [0.2, 0.25) is 11.8 Å². The van der Waals surface area contributed by atoms with Crippen LogP contribution in [0.15, 0.2) is 30.3 Å². The van der Waals surface area contributed by atoms with Crippen molar-refractivity contribution in [3.05, 3.63) is 41.6 Å². The summed E-state index contributed by atoms with van der Waals surface area (Å²) in [6, 6.07) is 12.1. The quantitative estimate of drug-likeness (QED) is 0.598. The number of carbonyl (C=O) groups excluding carboxylic acids is 2. The molecule has 2 heterocycles. The van der Waals surface area contributed by atoms with Gasteiger partial charge in [-0.25, -0.2) is 4.98 Å². The highest BCUT2D eigenvalue weighted by molar-refractivity contribution is 5.93. The van der Waals surface area contributed by atoms with Crippen molar-refractivity contribution < 1.29 is 14.3 Å². The van der Waals surface area contributed by atoms with Gasteiger partial charge in [-0.3, -0.25) is 9.59 Å². The number of aromatic nitrogens is 1. The van der Waals surface area contributed by atoms with Gasteiger partial charge in [0.25, 0.3) is 0 Å². The SMILES string of the molecule is COCCC(=O)N1CCN(c2nc(C3CC3)c(-c3cccc(NC(=O)C(C)C)c3)cc2C#N)CC1C. The zero-order valence-corrected chi connectivity index (χ0v) is 21.6. The Kier molecular flexibility index (Phi) is 7.90. The molecular formula is C28H35N5O3. The molecule has 1 unspecified atom stereocenters. The minimum Gasteiger partial charge on any atom is -0.384 e. The van der Waals surface area contributed by atoms with Gasteiger partial charge in [0.15, 0.2) is 0 Å². The van der Waals surface area contributed by atoms with Crippen LogP contribution in [0.5, 0.6) is 0 Å². The van der Waals surface area contributed by atoms with Gasteiger partial charge in [-0.15, -0.1) is 0 Å². The summed E-state index contributed by atoms with van der Waals surface area (Å²) in [5.74, 6) is 1.02. The Balaban J connectivity index is 1.62. The number of amides is 2. The lowest BCUT2D eigenvalue weighted by molar-refractivity contribution is -0.134. The van der Waals surface area contributed by atoms with Crippen LogP contribution in [0.2, 0.25) is 0 Å². The number of ether oxygens (including phenoxy) is 1. The number of pyridine rings is 1. The molecule has 36 heavy (non-hydrogen) atoms. The van der Waals surface area contributed by atoms with E-state index in [0.29, 0.717) is 50.0 Å². The van der Waals surface area contributed by atoms with E-state index in [1.54, 1.807) is 7.11 Å². The Labute approximate surface area is 213 Å². The minimum absolute atomic E-state index is 0.0155. The van der Waals surface area contributed by atoms with Crippen LogP contribution in [0.3, 0.4) is 0 Å². The molecule has 8 heteroatoms. The molecule has 2 aromatic rings. The molecule has 4 rings (SSSR count). The second-order valence-electron chi connectivity index (χ2n) is 10.0. The van der Waals surface area contributed by atoms with E-state index >= 15 is 0 Å². The second-order valence-corrected chi connectivity index (χ2v) is 10.0. The third-order valence-electron chi connectivity index (χ3n) is 6.85. The summed E-state index contributed by atoms with van der Waals surface area (Å²) >= 11 is 0. The van der Waals surface area contributed by atoms with E-state index in [2.05, 4.69) is 16.3 Å². The van der Waals surface area contributed by atoms with E-state index in [9.17, 15) is 14.9 Å². The van der Waals surface area contributed by atoms with Gasteiger partial charge < -0.3 is 19.9 Å². The molecule has 2 fully saturated rings. The fraction of sp³-hybridized carbons (Fsp3) is 0.500. The highest BCUT2D eigenvalue weighted by Crippen LogP contribution is 2.45. The van der Waals surface area contributed by atoms with Crippen LogP contribution in [-0.4, -0.2) is 61.1 Å². The summed E-state index contributed by atoms with van der Waals surface area (Å²) in [6.07, 6.45) is 2.53. The Bertz CT molecular complexity index is 1170. The minimum atomic E-state index is -0.111. The summed E-state index contributed by atoms with van der Waals surface area (Å²) in [5.41, 5.74) is 4.15. The Morgan fingerprint density at radius 1 is 1.25 bits per heavy atom. The maximum atomic E-state index is 12.6. The molecule has 1 saturated carbocycles. The lowest BCUT2D eigenvalue weighted by Crippen LogP contribution is -2.54. The zero-order valence-electron chi connectivity index (χ0n) is 21.6. The van der Waals surface area contributed by atoms with Crippen LogP contribution in [0, 0.1) is 17.2 Å². The maximum Gasteiger partial charge on any atom is 0.226 e. The van der Waals surface area contributed by atoms with Crippen molar-refractivity contribution in [2.75, 3.05) is 43.6 Å². The van der Waals surface area contributed by atoms with Crippen molar-refractivity contribution in [2.45, 2.75) is 52.0 Å². The molecule has 2 aliphatic rings. The van der Waals surface area contributed by atoms with Crippen LogP contribution in [0.1, 0.15) is 57.2 Å². The monoisotopic (exact) mass is 489 g/mol. The van der Waals surface area contributed by atoms with Crippen molar-refractivity contribution in [3.63, 3.8) is 0 Å². The van der Waals surface area contributed by atoms with E-state index in [-0.39, 0.29) is 23.8 Å². The number of rotatable bonds is 8. The largest absolute Gasteiger partial charge is 0.384 e. The molecular weight excluding hydrogens is 454 g/mol. The summed E-state index contributed by atoms with van der Waals surface area (Å²) < 4.78 is 5.06. The van der Waals surface area contributed by atoms with Gasteiger partial charge in [-0.2, -0.15) is 5.26 Å². The first-order chi connectivity index (χ1) is 17.3. The Hall–Kier alpha value is -3.44. The lowest BCUT2D eigenvalue weighted by Gasteiger charge is -2.41. The number of nitrogens with zero attached hydrogens (tertiary/aromatic N) is 4. The molecule has 2 amide bonds. The average Bonchev–Trinajstić information content (AvgIpc) is 3.72. The summed E-state index contributed by atoms with van der Waals surface area (Å²) in [7, 11) is 1.60. The third-order valence-corrected chi connectivity index (χ3v) is 6.85. The van der Waals surface area contributed by atoms with Gasteiger partial charge in [-0.05, 0) is 43.5 Å². The number of hydrogen-bond donors (Lipinski definition) is 1. The predicted molar refractivity (Wildman–Crippen MR) is 140 cm³/mol. The normalized spacial score (nSPS) is 17.7. The molecule has 0 spiro atoms. The standard InChI is InChI=1S/C28H35N5O3/c1-18(2)28(35)30-23-7-5-6-21(14-23)24-15-22(16-29)27(31-26(24)20-8-9-20)32-11-12-33(19(3)17-32)25(34)10-13-36-4/h5-7,14-15,18-20H,8-13,17H2,1-4H3,(H,30,35). The van der Waals surface area contributed by atoms with Crippen LogP contribution in [0.25, 0.3) is 11.1 Å². The van der Waals surface area contributed by atoms with Crippen molar-refractivity contribution in [3.8, 4) is 17.2 Å². The van der Waals surface area contributed by atoms with Crippen molar-refractivity contribution in [2.24, 2.45) is 5.92 Å². The van der Waals surface area contributed by atoms with Crippen LogP contribution >= 0.6 is 0 Å². The van der Waals surface area contributed by atoms with E-state index < -0.39 is 0 Å². The van der Waals surface area contributed by atoms with Crippen molar-refractivity contribution >= 4 is 23.3 Å². The maximum absolute atomic E-state index is 12.6. The molecule has 1 aromatic heterocycles. The average molecular weight is 490 g/mol. The smallest absolute Gasteiger partial charge is 0.226 e. The lowest BCUT2D eigenvalue weighted by atomic mass is 9.98. The first-order valence-electron chi connectivity index (χ1n) is 12.7. The highest BCUT2D eigenvalue weighted by Gasteiger charge is 2.33. The third kappa shape index (κ3) is 5.68. The first kappa shape index (κ1) is 25.6. The van der Waals surface area contributed by atoms with Crippen molar-refractivity contribution in [1.29, 1.82) is 5.26 Å². The van der Waals surface area contributed by atoms with Gasteiger partial charge >= 0.3 is 0 Å². The van der Waals surface area contributed by atoms with Crippen molar-refractivity contribution in [1.82, 2.24) is 9.88 Å². The van der Waals surface area contributed by atoms with Crippen LogP contribution < -0.4 is 10.2 Å². The number of anilines is 2. The fourth-order valence-corrected chi connectivity index (χ4v) is 4.64. The van der Waals surface area contributed by atoms with Gasteiger partial charge in [0, 0.05) is 55.9 Å². The molecule has 1 aliphatic carbocycles. The molecule has 1 N–H and O–H groups in total. The summed E-state index contributed by atoms with van der Waals surface area (Å²) in [6.45, 7) is 8.03. The number of nitrogens with one attached hydrogen (secondary N) is 1. The fourth-order valence-electron chi connectivity index (χ4n) is 4.64. The number of methoxy groups -OCH3 is 1. The zero-order chi connectivity index (χ0) is 25.8. The van der Waals surface area contributed by atoms with Crippen LogP contribution in [0.4, 0.5) is 11.5 Å². The summed E-state index contributed by atoms with van der Waals surface area (Å²) in [4.78, 5) is 33.9. The second kappa shape index (κ2) is 11.1. The van der Waals surface area contributed by atoms with E-state index in [0.717, 1.165) is 35.3 Å². The topological polar surface area (TPSA) is 98.6 Å². The summed E-state index contributed by atoms with van der Waals surface area (Å²) in [5, 5.41) is 13.0. The molecule has 190 valence electrons. The van der Waals surface area contributed by atoms with Gasteiger partial charge in [0.1, 0.15) is 11.9 Å². The number of carbonyl (C=O) groups is 2. The van der Waals surface area contributed by atoms with E-state index in [4.69, 9.17) is 9.72 Å². The van der Waals surface area contributed by atoms with E-state index in [1.807, 2.05) is 56.0 Å². The highest BCUT2D eigenvalue weighted by atomic mass is 16.5. The molecule has 1 atom stereocenters. The molecule has 1 aliphatic heterocycles. The number of nitriles is 1. The molecule has 0 bridgehead atoms. The predicted octanol–water partition coefficient (Wildman–Crippen LogP) is 4.17. The number of benzene rings is 1. The Morgan fingerprint density at radius 3 is 2.67 bits per heavy atom. The molecule has 8 nitrogen and oxygen atoms in total. The van der Waals surface area contributed by atoms with Crippen LogP contribution in [-0.2, 0) is 14.3 Å². The number of piperazine rings is 1. The molecule has 0 radical (unpaired) electrons. The molecule has 1 aromatic carbocycles. The first-order valence-corrected chi connectivity index (χ1v) is 12.7. The van der Waals surface area contributed by atoms with Gasteiger partial charge in [0.05, 0.1) is 24.3 Å². The molecule has 1 saturated heterocycles.